The van der Waals surface area contributed by atoms with E-state index in [0.717, 1.165) is 11.1 Å². The molecule has 0 aliphatic heterocycles. The molecular formula is C16H15N4O3RbW. The van der Waals surface area contributed by atoms with Gasteiger partial charge in [0, 0.05) is 11.3 Å². The van der Waals surface area contributed by atoms with Crippen molar-refractivity contribution in [1.82, 2.24) is 20.2 Å². The van der Waals surface area contributed by atoms with Crippen molar-refractivity contribution in [2.75, 3.05) is 6.54 Å². The Labute approximate surface area is 209 Å². The van der Waals surface area contributed by atoms with Crippen LogP contribution in [-0.2, 0) is 21.1 Å². The minimum Gasteiger partial charge on any atom is -0.608 e. The zero-order valence-electron chi connectivity index (χ0n) is 14.0. The molecule has 124 valence electrons. The molecule has 0 aliphatic rings. The van der Waals surface area contributed by atoms with Crippen LogP contribution in [0.4, 0.5) is 0 Å². The predicted octanol–water partition coefficient (Wildman–Crippen LogP) is -0.580. The van der Waals surface area contributed by atoms with Gasteiger partial charge in [-0.2, -0.15) is 11.2 Å². The van der Waals surface area contributed by atoms with Gasteiger partial charge in [0.15, 0.2) is 0 Å². The van der Waals surface area contributed by atoms with Gasteiger partial charge in [0.25, 0.3) is 0 Å². The molecule has 2 aromatic heterocycles. The zero-order chi connectivity index (χ0) is 16.4. The van der Waals surface area contributed by atoms with Crippen LogP contribution in [0.3, 0.4) is 0 Å². The van der Waals surface area contributed by atoms with Crippen LogP contribution in [0.1, 0.15) is 17.4 Å². The van der Waals surface area contributed by atoms with Gasteiger partial charge in [-0.15, -0.1) is 5.16 Å². The van der Waals surface area contributed by atoms with Crippen LogP contribution in [0.2, 0.25) is 0 Å². The number of nitrogens with zero attached hydrogens (tertiary/aromatic N) is 4. The Hall–Kier alpha value is -0.0165. The Morgan fingerprint density at radius 1 is 1.20 bits per heavy atom. The Morgan fingerprint density at radius 2 is 1.88 bits per heavy atom. The third-order valence-corrected chi connectivity index (χ3v) is 3.17. The molecule has 3 aromatic rings. The molecule has 3 rings (SSSR count). The van der Waals surface area contributed by atoms with Gasteiger partial charge in [0.2, 0.25) is 5.89 Å². The molecule has 7 nitrogen and oxygen atoms in total. The molecule has 0 spiro atoms. The second kappa shape index (κ2) is 10.4. The molecule has 0 bridgehead atoms. The topological polar surface area (TPSA) is 88.4 Å². The van der Waals surface area contributed by atoms with Gasteiger partial charge < -0.3 is 33.1 Å². The number of benzene rings is 1. The number of aliphatic hydroxyl groups is 1. The van der Waals surface area contributed by atoms with E-state index in [-0.39, 0.29) is 85.1 Å². The Balaban J connectivity index is 0.00000156. The Bertz CT molecular complexity index is 789. The quantitative estimate of drug-likeness (QED) is 0.404. The molecule has 0 fully saturated rings. The maximum absolute atomic E-state index is 10.0. The molecular weight excluding hydrogens is 566 g/mol. The molecule has 1 unspecified atom stereocenters. The van der Waals surface area contributed by atoms with Crippen LogP contribution in [0.15, 0.2) is 33.3 Å². The van der Waals surface area contributed by atoms with Gasteiger partial charge in [-0.1, -0.05) is 12.1 Å². The van der Waals surface area contributed by atoms with Crippen LogP contribution < -0.4 is 58.2 Å². The third-order valence-electron chi connectivity index (χ3n) is 3.17. The predicted molar refractivity (Wildman–Crippen MR) is 81.2 cm³/mol. The first-order chi connectivity index (χ1) is 11.0. The Morgan fingerprint density at radius 3 is 2.44 bits per heavy atom. The largest absolute Gasteiger partial charge is 2.00 e. The maximum atomic E-state index is 10.0. The van der Waals surface area contributed by atoms with Crippen molar-refractivity contribution in [2.24, 2.45) is 0 Å². The number of aliphatic hydroxyl groups excluding tert-OH is 1. The van der Waals surface area contributed by atoms with Gasteiger partial charge in [0.1, 0.15) is 0 Å². The summed E-state index contributed by atoms with van der Waals surface area (Å²) in [5, 5.41) is 17.6. The first-order valence-corrected chi connectivity index (χ1v) is 6.89. The van der Waals surface area contributed by atoms with Crippen molar-refractivity contribution in [3.63, 3.8) is 0 Å². The van der Waals surface area contributed by atoms with E-state index in [0.29, 0.717) is 23.9 Å². The number of hydrogen-bond acceptors (Lipinski definition) is 7. The number of aryl methyl sites for hydroxylation is 1. The molecule has 9 heteroatoms. The van der Waals surface area contributed by atoms with E-state index < -0.39 is 6.10 Å². The summed E-state index contributed by atoms with van der Waals surface area (Å²) in [7, 11) is 7.23. The van der Waals surface area contributed by atoms with E-state index in [1.807, 2.05) is 0 Å². The molecule has 2 heterocycles. The summed E-state index contributed by atoms with van der Waals surface area (Å²) < 4.78 is 10.3. The summed E-state index contributed by atoms with van der Waals surface area (Å²) in [5.41, 5.74) is 2.11. The van der Waals surface area contributed by atoms with E-state index in [1.54, 1.807) is 31.2 Å². The van der Waals surface area contributed by atoms with E-state index >= 15 is 0 Å². The zero-order valence-corrected chi connectivity index (χ0v) is 21.8. The standard InChI is InChI=1S/C16H15N4O3.Rb.W/c1-10-8-14(22-18-10)15-17-16(23-19-15)12-6-4-11(5-7-12)13(21)9-20(2)3;;/h4-7,13,21H,2-3,9H2,1H3;;/q-3;+1;+2. The van der Waals surface area contributed by atoms with Gasteiger partial charge in [0.05, 0.1) is 11.9 Å². The van der Waals surface area contributed by atoms with Gasteiger partial charge >= 0.3 is 79.3 Å². The van der Waals surface area contributed by atoms with E-state index in [4.69, 9.17) is 9.05 Å². The average Bonchev–Trinajstić information content (AvgIpc) is 3.15. The normalized spacial score (nSPS) is 11.7. The number of rotatable bonds is 5. The molecule has 0 saturated carbocycles. The Kier molecular flexibility index (Phi) is 9.53. The average molecular weight is 581 g/mol. The molecule has 0 aliphatic carbocycles. The molecule has 25 heavy (non-hydrogen) atoms. The molecule has 0 saturated heterocycles. The fourth-order valence-electron chi connectivity index (χ4n) is 2.05. The minimum atomic E-state index is -0.663. The smallest absolute Gasteiger partial charge is 0.608 e. The van der Waals surface area contributed by atoms with Crippen LogP contribution in [-0.4, -0.2) is 31.8 Å². The second-order valence-corrected chi connectivity index (χ2v) is 5.14. The van der Waals surface area contributed by atoms with Crippen LogP contribution in [0.5, 0.6) is 0 Å². The van der Waals surface area contributed by atoms with Crippen LogP contribution in [0, 0.1) is 27.1 Å². The van der Waals surface area contributed by atoms with Gasteiger partial charge in [-0.05, 0) is 36.9 Å². The second-order valence-electron chi connectivity index (χ2n) is 5.14. The van der Waals surface area contributed by atoms with Crippen molar-refractivity contribution in [1.29, 1.82) is 0 Å². The minimum absolute atomic E-state index is 0. The van der Waals surface area contributed by atoms with Crippen LogP contribution >= 0.6 is 0 Å². The molecule has 0 radical (unpaired) electrons. The fourth-order valence-corrected chi connectivity index (χ4v) is 2.05. The first-order valence-electron chi connectivity index (χ1n) is 6.89. The van der Waals surface area contributed by atoms with Gasteiger partial charge in [-0.3, -0.25) is 4.98 Å². The maximum Gasteiger partial charge on any atom is 2.00 e. The molecule has 0 amide bonds. The summed E-state index contributed by atoms with van der Waals surface area (Å²) in [4.78, 5) is 5.68. The first kappa shape index (κ1) is 23.0. The monoisotopic (exact) mass is 580 g/mol. The summed E-state index contributed by atoms with van der Waals surface area (Å²) in [5.74, 6) is 0.962. The van der Waals surface area contributed by atoms with Crippen molar-refractivity contribution >= 4 is 0 Å². The summed E-state index contributed by atoms with van der Waals surface area (Å²) >= 11 is 0. The summed E-state index contributed by atoms with van der Waals surface area (Å²) in [6.45, 7) is 2.10. The van der Waals surface area contributed by atoms with Gasteiger partial charge in [-0.25, -0.2) is 0 Å². The van der Waals surface area contributed by atoms with Crippen molar-refractivity contribution in [2.45, 2.75) is 13.0 Å². The van der Waals surface area contributed by atoms with E-state index in [2.05, 4.69) is 35.5 Å². The number of aromatic nitrogens is 3. The molecule has 1 N–H and O–H groups in total. The van der Waals surface area contributed by atoms with Crippen molar-refractivity contribution in [3.8, 4) is 23.0 Å². The van der Waals surface area contributed by atoms with E-state index in [1.165, 1.54) is 4.90 Å². The summed E-state index contributed by atoms with van der Waals surface area (Å²) in [6, 6.07) is 10.1. The van der Waals surface area contributed by atoms with Crippen molar-refractivity contribution < 1.29 is 93.4 Å². The SMILES string of the molecule is [CH2-]N([CH2-])CC(O)c1ccc(-c2nc(-c3[c-]c(C)no3)no2)cc1.[Rb+].[W+2]. The van der Waals surface area contributed by atoms with Crippen molar-refractivity contribution in [3.05, 3.63) is 55.7 Å². The summed E-state index contributed by atoms with van der Waals surface area (Å²) in [6.07, 6.45) is -0.663. The van der Waals surface area contributed by atoms with Crippen LogP contribution in [0.25, 0.3) is 23.0 Å². The molecule has 1 aromatic carbocycles. The molecule has 1 atom stereocenters. The third kappa shape index (κ3) is 5.99. The van der Waals surface area contributed by atoms with E-state index in [9.17, 15) is 5.11 Å². The fraction of sp³-hybridized carbons (Fsp3) is 0.188. The number of hydrogen-bond donors (Lipinski definition) is 1.